The molecule has 0 aliphatic carbocycles. The summed E-state index contributed by atoms with van der Waals surface area (Å²) in [7, 11) is -0.688. The molecule has 0 spiro atoms. The first-order chi connectivity index (χ1) is 12.0. The lowest BCUT2D eigenvalue weighted by molar-refractivity contribution is -0.384. The van der Waals surface area contributed by atoms with E-state index in [4.69, 9.17) is 9.16 Å². The maximum atomic E-state index is 12.3. The molecule has 7 nitrogen and oxygen atoms in total. The molecule has 1 heterocycles. The van der Waals surface area contributed by atoms with Gasteiger partial charge >= 0.3 is 5.97 Å². The van der Waals surface area contributed by atoms with Crippen LogP contribution >= 0.6 is 0 Å². The van der Waals surface area contributed by atoms with Crippen LogP contribution in [0.4, 0.5) is 11.4 Å². The second-order valence-electron chi connectivity index (χ2n) is 8.17. The van der Waals surface area contributed by atoms with Crippen LogP contribution in [0.15, 0.2) is 24.3 Å². The van der Waals surface area contributed by atoms with Crippen molar-refractivity contribution in [2.24, 2.45) is 0 Å². The summed E-state index contributed by atoms with van der Waals surface area (Å²) in [5.41, 5.74) is 0.406. The second-order valence-corrected chi connectivity index (χ2v) is 12.9. The Labute approximate surface area is 155 Å². The molecule has 8 heteroatoms. The molecule has 1 aliphatic rings. The van der Waals surface area contributed by atoms with E-state index in [1.807, 2.05) is 0 Å². The number of nitro benzene ring substituents is 1. The summed E-state index contributed by atoms with van der Waals surface area (Å²) in [4.78, 5) is 25.0. The van der Waals surface area contributed by atoms with Crippen LogP contribution in [-0.2, 0) is 14.0 Å². The van der Waals surface area contributed by atoms with Crippen molar-refractivity contribution in [3.8, 4) is 0 Å². The summed E-state index contributed by atoms with van der Waals surface area (Å²) in [6.07, 6.45) is 0.297. The highest BCUT2D eigenvalue weighted by atomic mass is 28.4. The van der Waals surface area contributed by atoms with E-state index in [9.17, 15) is 14.9 Å². The van der Waals surface area contributed by atoms with E-state index < -0.39 is 25.3 Å². The van der Waals surface area contributed by atoms with Crippen molar-refractivity contribution in [2.45, 2.75) is 57.5 Å². The van der Waals surface area contributed by atoms with Gasteiger partial charge in [0, 0.05) is 19.0 Å². The molecule has 0 unspecified atom stereocenters. The molecule has 144 valence electrons. The van der Waals surface area contributed by atoms with Crippen LogP contribution in [-0.4, -0.2) is 45.0 Å². The van der Waals surface area contributed by atoms with E-state index in [0.29, 0.717) is 18.7 Å². The highest BCUT2D eigenvalue weighted by Gasteiger charge is 2.45. The number of hydrogen-bond donors (Lipinski definition) is 0. The van der Waals surface area contributed by atoms with Crippen molar-refractivity contribution in [1.82, 2.24) is 0 Å². The van der Waals surface area contributed by atoms with Crippen LogP contribution in [0.1, 0.15) is 27.2 Å². The highest BCUT2D eigenvalue weighted by Crippen LogP contribution is 2.40. The number of carbonyl (C=O) groups excluding carboxylic acids is 1. The summed E-state index contributed by atoms with van der Waals surface area (Å²) in [6.45, 7) is 11.2. The number of rotatable bonds is 5. The molecule has 0 N–H and O–H groups in total. The minimum atomic E-state index is -2.02. The van der Waals surface area contributed by atoms with E-state index in [1.165, 1.54) is 13.2 Å². The van der Waals surface area contributed by atoms with Gasteiger partial charge in [0.15, 0.2) is 8.32 Å². The maximum absolute atomic E-state index is 12.3. The van der Waals surface area contributed by atoms with Crippen molar-refractivity contribution >= 4 is 25.7 Å². The van der Waals surface area contributed by atoms with Gasteiger partial charge < -0.3 is 14.1 Å². The molecule has 2 atom stereocenters. The molecular formula is C18H28N2O5Si. The Balaban J connectivity index is 2.34. The maximum Gasteiger partial charge on any atom is 0.328 e. The van der Waals surface area contributed by atoms with Gasteiger partial charge in [0.1, 0.15) is 11.7 Å². The number of nitro groups is 1. The lowest BCUT2D eigenvalue weighted by atomic mass is 10.2. The van der Waals surface area contributed by atoms with Gasteiger partial charge in [-0.1, -0.05) is 32.9 Å². The Morgan fingerprint density at radius 1 is 1.31 bits per heavy atom. The van der Waals surface area contributed by atoms with Crippen LogP contribution in [0.25, 0.3) is 0 Å². The largest absolute Gasteiger partial charge is 0.467 e. The van der Waals surface area contributed by atoms with Gasteiger partial charge in [0.05, 0.1) is 18.1 Å². The molecule has 2 rings (SSSR count). The number of nitrogens with zero attached hydrogens (tertiary/aromatic N) is 2. The average molecular weight is 381 g/mol. The van der Waals surface area contributed by atoms with Crippen molar-refractivity contribution in [3.63, 3.8) is 0 Å². The Morgan fingerprint density at radius 2 is 1.92 bits per heavy atom. The minimum absolute atomic E-state index is 0.0191. The Morgan fingerprint density at radius 3 is 2.46 bits per heavy atom. The molecule has 1 aliphatic heterocycles. The van der Waals surface area contributed by atoms with Gasteiger partial charge in [-0.25, -0.2) is 4.79 Å². The smallest absolute Gasteiger partial charge is 0.328 e. The molecule has 1 fully saturated rings. The SMILES string of the molecule is COC(=O)[C@@H]1C[C@@H](O[Si](C)(C)C(C)(C)C)CN1c1ccccc1[N+](=O)[O-]. The summed E-state index contributed by atoms with van der Waals surface area (Å²) in [5, 5.41) is 11.4. The number of methoxy groups -OCH3 is 1. The third-order valence-corrected chi connectivity index (χ3v) is 9.93. The molecule has 1 aromatic carbocycles. The number of anilines is 1. The zero-order valence-corrected chi connectivity index (χ0v) is 17.3. The van der Waals surface area contributed by atoms with Crippen molar-refractivity contribution in [1.29, 1.82) is 0 Å². The quantitative estimate of drug-likeness (QED) is 0.335. The molecule has 0 bridgehead atoms. The Kier molecular flexibility index (Phi) is 5.77. The van der Waals surface area contributed by atoms with Gasteiger partial charge in [-0.05, 0) is 24.2 Å². The van der Waals surface area contributed by atoms with Gasteiger partial charge in [0.25, 0.3) is 5.69 Å². The van der Waals surface area contributed by atoms with Crippen LogP contribution < -0.4 is 4.90 Å². The Bertz CT molecular complexity index is 686. The first-order valence-electron chi connectivity index (χ1n) is 8.73. The number of para-hydroxylation sites is 2. The van der Waals surface area contributed by atoms with Gasteiger partial charge in [-0.2, -0.15) is 0 Å². The van der Waals surface area contributed by atoms with E-state index in [2.05, 4.69) is 33.9 Å². The van der Waals surface area contributed by atoms with E-state index in [1.54, 1.807) is 23.1 Å². The van der Waals surface area contributed by atoms with E-state index in [0.717, 1.165) is 0 Å². The van der Waals surface area contributed by atoms with Crippen LogP contribution in [0.5, 0.6) is 0 Å². The summed E-state index contributed by atoms with van der Waals surface area (Å²) in [5.74, 6) is -0.399. The highest BCUT2D eigenvalue weighted by molar-refractivity contribution is 6.74. The molecule has 0 amide bonds. The molecular weight excluding hydrogens is 352 g/mol. The Hall–Kier alpha value is -1.93. The molecule has 1 saturated heterocycles. The van der Waals surface area contributed by atoms with Crippen molar-refractivity contribution in [3.05, 3.63) is 34.4 Å². The fraction of sp³-hybridized carbons (Fsp3) is 0.611. The predicted octanol–water partition coefficient (Wildman–Crippen LogP) is 3.74. The lowest BCUT2D eigenvalue weighted by Crippen LogP contribution is -2.44. The minimum Gasteiger partial charge on any atom is -0.467 e. The van der Waals surface area contributed by atoms with Gasteiger partial charge in [0.2, 0.25) is 0 Å². The van der Waals surface area contributed by atoms with E-state index in [-0.39, 0.29) is 16.8 Å². The van der Waals surface area contributed by atoms with Gasteiger partial charge in [-0.3, -0.25) is 10.1 Å². The van der Waals surface area contributed by atoms with Crippen LogP contribution in [0.3, 0.4) is 0 Å². The van der Waals surface area contributed by atoms with Gasteiger partial charge in [-0.15, -0.1) is 0 Å². The number of carbonyl (C=O) groups is 1. The zero-order chi connectivity index (χ0) is 19.7. The third-order valence-electron chi connectivity index (χ3n) is 5.39. The summed E-state index contributed by atoms with van der Waals surface area (Å²) in [6, 6.07) is 5.89. The first-order valence-corrected chi connectivity index (χ1v) is 11.6. The fourth-order valence-electron chi connectivity index (χ4n) is 2.96. The monoisotopic (exact) mass is 380 g/mol. The van der Waals surface area contributed by atoms with E-state index >= 15 is 0 Å². The molecule has 0 aromatic heterocycles. The standard InChI is InChI=1S/C18H28N2O5Si/c1-18(2,3)26(5,6)25-13-11-16(17(21)24-4)19(12-13)14-9-7-8-10-15(14)20(22)23/h7-10,13,16H,11-12H2,1-6H3/t13-,16+/m1/s1. The van der Waals surface area contributed by atoms with Crippen LogP contribution in [0.2, 0.25) is 18.1 Å². The predicted molar refractivity (Wildman–Crippen MR) is 103 cm³/mol. The molecule has 26 heavy (non-hydrogen) atoms. The molecule has 0 radical (unpaired) electrons. The number of ether oxygens (including phenoxy) is 1. The number of benzene rings is 1. The first kappa shape index (κ1) is 20.4. The zero-order valence-electron chi connectivity index (χ0n) is 16.3. The molecule has 0 saturated carbocycles. The molecule has 1 aromatic rings. The number of hydrogen-bond acceptors (Lipinski definition) is 6. The number of esters is 1. The second kappa shape index (κ2) is 7.36. The topological polar surface area (TPSA) is 81.9 Å². The van der Waals surface area contributed by atoms with Crippen molar-refractivity contribution in [2.75, 3.05) is 18.6 Å². The third kappa shape index (κ3) is 4.07. The summed E-state index contributed by atoms with van der Waals surface area (Å²) < 4.78 is 11.4. The normalized spacial score (nSPS) is 20.9. The fourth-order valence-corrected chi connectivity index (χ4v) is 4.32. The lowest BCUT2D eigenvalue weighted by Gasteiger charge is -2.38. The average Bonchev–Trinajstić information content (AvgIpc) is 2.96. The van der Waals surface area contributed by atoms with Crippen LogP contribution in [0, 0.1) is 10.1 Å². The van der Waals surface area contributed by atoms with Crippen molar-refractivity contribution < 1.29 is 18.9 Å². The summed E-state index contributed by atoms with van der Waals surface area (Å²) >= 11 is 0.